The van der Waals surface area contributed by atoms with Gasteiger partial charge in [0, 0.05) is 17.5 Å². The van der Waals surface area contributed by atoms with Gasteiger partial charge in [0.15, 0.2) is 0 Å². The first-order valence-electron chi connectivity index (χ1n) is 7.94. The van der Waals surface area contributed by atoms with E-state index in [1.165, 1.54) is 0 Å². The molecule has 1 aliphatic heterocycles. The van der Waals surface area contributed by atoms with E-state index in [4.69, 9.17) is 0 Å². The van der Waals surface area contributed by atoms with E-state index in [9.17, 15) is 4.79 Å². The number of nitrogens with one attached hydrogen (secondary N) is 2. The zero-order valence-corrected chi connectivity index (χ0v) is 13.0. The van der Waals surface area contributed by atoms with E-state index in [2.05, 4.69) is 33.8 Å². The van der Waals surface area contributed by atoms with Crippen molar-refractivity contribution in [1.29, 1.82) is 0 Å². The van der Waals surface area contributed by atoms with Gasteiger partial charge in [-0.3, -0.25) is 9.78 Å². The van der Waals surface area contributed by atoms with Crippen LogP contribution in [0.5, 0.6) is 0 Å². The van der Waals surface area contributed by atoms with Crippen LogP contribution in [0.1, 0.15) is 19.5 Å². The molecule has 2 aliphatic rings. The molecule has 0 bridgehead atoms. The Labute approximate surface area is 130 Å². The van der Waals surface area contributed by atoms with Crippen LogP contribution in [-0.4, -0.2) is 24.0 Å². The molecule has 22 heavy (non-hydrogen) atoms. The summed E-state index contributed by atoms with van der Waals surface area (Å²) in [5, 5.41) is 8.80. The molecule has 1 aliphatic carbocycles. The summed E-state index contributed by atoms with van der Waals surface area (Å²) in [6, 6.07) is 10.2. The Bertz CT molecular complexity index is 730. The van der Waals surface area contributed by atoms with Crippen LogP contribution in [0.3, 0.4) is 0 Å². The van der Waals surface area contributed by atoms with E-state index in [-0.39, 0.29) is 11.8 Å². The topological polar surface area (TPSA) is 54.0 Å². The second-order valence-electron chi connectivity index (χ2n) is 7.04. The first-order valence-corrected chi connectivity index (χ1v) is 7.94. The van der Waals surface area contributed by atoms with Crippen molar-refractivity contribution in [1.82, 2.24) is 15.6 Å². The molecule has 114 valence electrons. The van der Waals surface area contributed by atoms with Gasteiger partial charge in [-0.05, 0) is 50.2 Å². The average Bonchev–Trinajstić information content (AvgIpc) is 3.00. The molecule has 4 rings (SSSR count). The van der Waals surface area contributed by atoms with Gasteiger partial charge in [-0.2, -0.15) is 0 Å². The molecule has 4 nitrogen and oxygen atoms in total. The summed E-state index contributed by atoms with van der Waals surface area (Å²) in [5.74, 6) is 1.46. The Morgan fingerprint density at radius 1 is 1.23 bits per heavy atom. The summed E-state index contributed by atoms with van der Waals surface area (Å²) in [7, 11) is 0. The van der Waals surface area contributed by atoms with Crippen LogP contribution in [0.2, 0.25) is 0 Å². The number of pyridine rings is 1. The quantitative estimate of drug-likeness (QED) is 0.911. The maximum absolute atomic E-state index is 12.5. The lowest BCUT2D eigenvalue weighted by molar-refractivity contribution is -0.124. The second-order valence-corrected chi connectivity index (χ2v) is 7.04. The van der Waals surface area contributed by atoms with Crippen LogP contribution in [0.4, 0.5) is 0 Å². The fourth-order valence-electron chi connectivity index (χ4n) is 3.69. The van der Waals surface area contributed by atoms with Gasteiger partial charge in [0.1, 0.15) is 0 Å². The van der Waals surface area contributed by atoms with Crippen molar-refractivity contribution >= 4 is 16.7 Å². The Balaban J connectivity index is 1.55. The highest BCUT2D eigenvalue weighted by atomic mass is 16.2. The third-order valence-corrected chi connectivity index (χ3v) is 5.10. The number of carbonyl (C=O) groups excluding carboxylic acids is 1. The first-order chi connectivity index (χ1) is 10.6. The Hall–Kier alpha value is -1.94. The molecule has 2 N–H and O–H groups in total. The number of benzene rings is 1. The lowest BCUT2D eigenvalue weighted by atomic mass is 9.97. The summed E-state index contributed by atoms with van der Waals surface area (Å²) in [6.07, 6.45) is 1.88. The van der Waals surface area contributed by atoms with Gasteiger partial charge in [0.2, 0.25) is 5.91 Å². The maximum atomic E-state index is 12.5. The number of amides is 1. The highest BCUT2D eigenvalue weighted by molar-refractivity contribution is 5.84. The molecule has 0 spiro atoms. The SMILES string of the molecule is CC(C)(NC(=O)[C@H]1[C@@H]2CNC[C@@H]21)c1cc2ccccc2cn1. The fraction of sp³-hybridized carbons (Fsp3) is 0.444. The Morgan fingerprint density at radius 2 is 1.91 bits per heavy atom. The third-order valence-electron chi connectivity index (χ3n) is 5.10. The van der Waals surface area contributed by atoms with Crippen molar-refractivity contribution in [2.45, 2.75) is 19.4 Å². The minimum absolute atomic E-state index is 0.177. The molecule has 1 saturated carbocycles. The van der Waals surface area contributed by atoms with Gasteiger partial charge >= 0.3 is 0 Å². The molecular weight excluding hydrogens is 274 g/mol. The predicted molar refractivity (Wildman–Crippen MR) is 86.3 cm³/mol. The standard InChI is InChI=1S/C18H21N3O/c1-18(2,21-17(22)16-13-9-19-10-14(13)16)15-7-11-5-3-4-6-12(11)8-20-15/h3-8,13-14,16,19H,9-10H2,1-2H3,(H,21,22)/t13-,14+,16+. The molecule has 2 heterocycles. The Morgan fingerprint density at radius 3 is 2.64 bits per heavy atom. The third kappa shape index (κ3) is 2.18. The number of hydrogen-bond donors (Lipinski definition) is 2. The molecule has 2 fully saturated rings. The van der Waals surface area contributed by atoms with E-state index in [1.54, 1.807) is 0 Å². The lowest BCUT2D eigenvalue weighted by Crippen LogP contribution is -2.43. The van der Waals surface area contributed by atoms with Crippen LogP contribution >= 0.6 is 0 Å². The zero-order valence-electron chi connectivity index (χ0n) is 13.0. The first kappa shape index (κ1) is 13.7. The fourth-order valence-corrected chi connectivity index (χ4v) is 3.69. The highest BCUT2D eigenvalue weighted by Gasteiger charge is 2.57. The van der Waals surface area contributed by atoms with Crippen LogP contribution in [0.25, 0.3) is 10.8 Å². The number of fused-ring (bicyclic) bond motifs is 2. The van der Waals surface area contributed by atoms with E-state index >= 15 is 0 Å². The predicted octanol–water partition coefficient (Wildman–Crippen LogP) is 2.05. The van der Waals surface area contributed by atoms with Crippen molar-refractivity contribution in [3.63, 3.8) is 0 Å². The van der Waals surface area contributed by atoms with Crippen LogP contribution in [0, 0.1) is 17.8 Å². The molecule has 1 aromatic carbocycles. The second kappa shape index (κ2) is 4.78. The van der Waals surface area contributed by atoms with Crippen LogP contribution in [-0.2, 0) is 10.3 Å². The molecule has 1 amide bonds. The minimum atomic E-state index is -0.453. The van der Waals surface area contributed by atoms with E-state index < -0.39 is 5.54 Å². The molecule has 1 saturated heterocycles. The highest BCUT2D eigenvalue weighted by Crippen LogP contribution is 2.49. The van der Waals surface area contributed by atoms with E-state index in [1.807, 2.05) is 32.2 Å². The van der Waals surface area contributed by atoms with E-state index in [0.717, 1.165) is 29.6 Å². The monoisotopic (exact) mass is 295 g/mol. The van der Waals surface area contributed by atoms with Crippen LogP contribution < -0.4 is 10.6 Å². The number of rotatable bonds is 3. The molecule has 4 heteroatoms. The van der Waals surface area contributed by atoms with Crippen molar-refractivity contribution in [2.75, 3.05) is 13.1 Å². The van der Waals surface area contributed by atoms with Gasteiger partial charge in [0.25, 0.3) is 0 Å². The van der Waals surface area contributed by atoms with Gasteiger partial charge in [-0.1, -0.05) is 24.3 Å². The summed E-state index contributed by atoms with van der Waals surface area (Å²) in [6.45, 7) is 6.02. The van der Waals surface area contributed by atoms with Gasteiger partial charge in [-0.25, -0.2) is 0 Å². The molecule has 3 atom stereocenters. The molecule has 2 aromatic rings. The number of carbonyl (C=O) groups is 1. The van der Waals surface area contributed by atoms with Gasteiger partial charge in [-0.15, -0.1) is 0 Å². The van der Waals surface area contributed by atoms with Gasteiger partial charge < -0.3 is 10.6 Å². The number of piperidine rings is 1. The molecular formula is C18H21N3O. The average molecular weight is 295 g/mol. The van der Waals surface area contributed by atoms with Crippen LogP contribution in [0.15, 0.2) is 36.5 Å². The summed E-state index contributed by atoms with van der Waals surface area (Å²) in [5.41, 5.74) is 0.453. The Kier molecular flexibility index (Phi) is 2.98. The van der Waals surface area contributed by atoms with Crippen molar-refractivity contribution in [2.24, 2.45) is 17.8 Å². The van der Waals surface area contributed by atoms with Crippen molar-refractivity contribution < 1.29 is 4.79 Å². The lowest BCUT2D eigenvalue weighted by Gasteiger charge is -2.26. The molecule has 0 unspecified atom stereocenters. The normalized spacial score (nSPS) is 26.7. The van der Waals surface area contributed by atoms with E-state index in [0.29, 0.717) is 11.8 Å². The maximum Gasteiger partial charge on any atom is 0.224 e. The zero-order chi connectivity index (χ0) is 15.3. The summed E-state index contributed by atoms with van der Waals surface area (Å²) in [4.78, 5) is 17.1. The minimum Gasteiger partial charge on any atom is -0.345 e. The number of nitrogens with zero attached hydrogens (tertiary/aromatic N) is 1. The smallest absolute Gasteiger partial charge is 0.224 e. The summed E-state index contributed by atoms with van der Waals surface area (Å²) < 4.78 is 0. The van der Waals surface area contributed by atoms with Crippen molar-refractivity contribution in [3.05, 3.63) is 42.2 Å². The van der Waals surface area contributed by atoms with Crippen molar-refractivity contribution in [3.8, 4) is 0 Å². The largest absolute Gasteiger partial charge is 0.345 e. The molecule has 1 aromatic heterocycles. The number of hydrogen-bond acceptors (Lipinski definition) is 3. The summed E-state index contributed by atoms with van der Waals surface area (Å²) >= 11 is 0. The molecule has 0 radical (unpaired) electrons. The van der Waals surface area contributed by atoms with Gasteiger partial charge in [0.05, 0.1) is 11.2 Å². The number of aromatic nitrogens is 1.